The average molecular weight is 386 g/mol. The van der Waals surface area contributed by atoms with Crippen molar-refractivity contribution in [3.05, 3.63) is 108 Å². The predicted molar refractivity (Wildman–Crippen MR) is 115 cm³/mol. The van der Waals surface area contributed by atoms with Crippen molar-refractivity contribution in [2.45, 2.75) is 31.2 Å². The van der Waals surface area contributed by atoms with E-state index in [0.29, 0.717) is 12.8 Å². The number of carbonyl (C=O) groups is 2. The Kier molecular flexibility index (Phi) is 6.45. The maximum absolute atomic E-state index is 13.5. The maximum atomic E-state index is 13.5. The second-order valence-corrected chi connectivity index (χ2v) is 7.31. The Morgan fingerprint density at radius 3 is 1.72 bits per heavy atom. The van der Waals surface area contributed by atoms with Crippen LogP contribution in [0.15, 0.2) is 91.0 Å². The van der Waals surface area contributed by atoms with E-state index in [1.807, 2.05) is 97.9 Å². The SMILES string of the molecule is CC(C(=O)N[C@@H](CCc1ccccc1)C(N)=O)(c1ccccc1)c1ccccc1. The van der Waals surface area contributed by atoms with E-state index < -0.39 is 17.4 Å². The minimum Gasteiger partial charge on any atom is -0.368 e. The summed E-state index contributed by atoms with van der Waals surface area (Å²) in [6.45, 7) is 1.88. The molecule has 0 spiro atoms. The van der Waals surface area contributed by atoms with Crippen molar-refractivity contribution in [2.75, 3.05) is 0 Å². The van der Waals surface area contributed by atoms with Gasteiger partial charge in [-0.25, -0.2) is 0 Å². The molecule has 0 heterocycles. The lowest BCUT2D eigenvalue weighted by molar-refractivity contribution is -0.130. The first kappa shape index (κ1) is 20.3. The maximum Gasteiger partial charge on any atom is 0.240 e. The van der Waals surface area contributed by atoms with Crippen molar-refractivity contribution in [1.29, 1.82) is 0 Å². The van der Waals surface area contributed by atoms with E-state index in [0.717, 1.165) is 16.7 Å². The molecule has 4 nitrogen and oxygen atoms in total. The van der Waals surface area contributed by atoms with Gasteiger partial charge in [0.15, 0.2) is 0 Å². The Hall–Kier alpha value is -3.40. The molecular weight excluding hydrogens is 360 g/mol. The highest BCUT2D eigenvalue weighted by Gasteiger charge is 2.38. The van der Waals surface area contributed by atoms with Gasteiger partial charge in [0, 0.05) is 0 Å². The van der Waals surface area contributed by atoms with Gasteiger partial charge >= 0.3 is 0 Å². The zero-order chi connectivity index (χ0) is 20.7. The van der Waals surface area contributed by atoms with E-state index >= 15 is 0 Å². The van der Waals surface area contributed by atoms with Crippen molar-refractivity contribution in [3.8, 4) is 0 Å². The van der Waals surface area contributed by atoms with E-state index in [1.165, 1.54) is 0 Å². The van der Waals surface area contributed by atoms with E-state index in [1.54, 1.807) is 0 Å². The zero-order valence-corrected chi connectivity index (χ0v) is 16.5. The molecule has 0 radical (unpaired) electrons. The number of primary amides is 1. The second-order valence-electron chi connectivity index (χ2n) is 7.31. The smallest absolute Gasteiger partial charge is 0.240 e. The molecule has 0 aliphatic heterocycles. The van der Waals surface area contributed by atoms with Crippen LogP contribution in [0.3, 0.4) is 0 Å². The van der Waals surface area contributed by atoms with Crippen LogP contribution in [0.1, 0.15) is 30.0 Å². The van der Waals surface area contributed by atoms with Crippen molar-refractivity contribution >= 4 is 11.8 Å². The molecule has 0 aliphatic carbocycles. The van der Waals surface area contributed by atoms with Gasteiger partial charge in [0.1, 0.15) is 6.04 Å². The summed E-state index contributed by atoms with van der Waals surface area (Å²) >= 11 is 0. The number of nitrogens with one attached hydrogen (secondary N) is 1. The average Bonchev–Trinajstić information content (AvgIpc) is 2.77. The summed E-state index contributed by atoms with van der Waals surface area (Å²) in [6, 6.07) is 28.3. The normalized spacial score (nSPS) is 12.2. The van der Waals surface area contributed by atoms with E-state index in [2.05, 4.69) is 5.32 Å². The van der Waals surface area contributed by atoms with Crippen LogP contribution < -0.4 is 11.1 Å². The number of rotatable bonds is 8. The highest BCUT2D eigenvalue weighted by atomic mass is 16.2. The summed E-state index contributed by atoms with van der Waals surface area (Å²) in [6.07, 6.45) is 1.10. The molecule has 0 aromatic heterocycles. The van der Waals surface area contributed by atoms with Gasteiger partial charge in [-0.3, -0.25) is 9.59 Å². The number of carbonyl (C=O) groups excluding carboxylic acids is 2. The fourth-order valence-electron chi connectivity index (χ4n) is 3.52. The van der Waals surface area contributed by atoms with Crippen LogP contribution in [-0.4, -0.2) is 17.9 Å². The summed E-state index contributed by atoms with van der Waals surface area (Å²) in [5, 5.41) is 2.91. The number of aryl methyl sites for hydroxylation is 1. The van der Waals surface area contributed by atoms with Gasteiger partial charge in [0.2, 0.25) is 11.8 Å². The quantitative estimate of drug-likeness (QED) is 0.621. The molecule has 0 saturated heterocycles. The Labute approximate surface area is 171 Å². The first-order chi connectivity index (χ1) is 14.0. The van der Waals surface area contributed by atoms with E-state index in [-0.39, 0.29) is 5.91 Å². The van der Waals surface area contributed by atoms with Gasteiger partial charge < -0.3 is 11.1 Å². The number of amides is 2. The minimum absolute atomic E-state index is 0.244. The Bertz CT molecular complexity index is 901. The lowest BCUT2D eigenvalue weighted by atomic mass is 9.75. The van der Waals surface area contributed by atoms with Gasteiger partial charge in [-0.1, -0.05) is 91.0 Å². The van der Waals surface area contributed by atoms with Gasteiger partial charge in [-0.05, 0) is 36.5 Å². The molecule has 1 atom stereocenters. The van der Waals surface area contributed by atoms with Crippen LogP contribution in [0.5, 0.6) is 0 Å². The van der Waals surface area contributed by atoms with Crippen LogP contribution in [-0.2, 0) is 21.4 Å². The topological polar surface area (TPSA) is 72.2 Å². The first-order valence-corrected chi connectivity index (χ1v) is 9.77. The molecule has 3 N–H and O–H groups in total. The second kappa shape index (κ2) is 9.20. The molecule has 0 saturated carbocycles. The Morgan fingerprint density at radius 1 is 0.828 bits per heavy atom. The molecule has 29 heavy (non-hydrogen) atoms. The molecular formula is C25H26N2O2. The molecule has 0 bridgehead atoms. The summed E-state index contributed by atoms with van der Waals surface area (Å²) in [4.78, 5) is 25.5. The number of nitrogens with two attached hydrogens (primary N) is 1. The van der Waals surface area contributed by atoms with E-state index in [4.69, 9.17) is 5.73 Å². The lowest BCUT2D eigenvalue weighted by Gasteiger charge is -2.31. The standard InChI is InChI=1S/C25H26N2O2/c1-25(20-13-7-3-8-14-20,21-15-9-4-10-16-21)24(29)27-22(23(26)28)18-17-19-11-5-2-6-12-19/h2-16,22H,17-18H2,1H3,(H2,26,28)(H,27,29)/t22-/m0/s1. The van der Waals surface area contributed by atoms with Crippen LogP contribution >= 0.6 is 0 Å². The van der Waals surface area contributed by atoms with Crippen LogP contribution in [0, 0.1) is 0 Å². The van der Waals surface area contributed by atoms with Crippen molar-refractivity contribution in [2.24, 2.45) is 5.73 Å². The van der Waals surface area contributed by atoms with Gasteiger partial charge in [0.05, 0.1) is 5.41 Å². The predicted octanol–water partition coefficient (Wildman–Crippen LogP) is 3.60. The van der Waals surface area contributed by atoms with Gasteiger partial charge in [0.25, 0.3) is 0 Å². The van der Waals surface area contributed by atoms with Crippen LogP contribution in [0.4, 0.5) is 0 Å². The van der Waals surface area contributed by atoms with Crippen LogP contribution in [0.25, 0.3) is 0 Å². The molecule has 4 heteroatoms. The van der Waals surface area contributed by atoms with E-state index in [9.17, 15) is 9.59 Å². The summed E-state index contributed by atoms with van der Waals surface area (Å²) in [7, 11) is 0. The fraction of sp³-hybridized carbons (Fsp3) is 0.200. The summed E-state index contributed by atoms with van der Waals surface area (Å²) in [5.74, 6) is -0.774. The van der Waals surface area contributed by atoms with Crippen LogP contribution in [0.2, 0.25) is 0 Å². The molecule has 0 fully saturated rings. The Balaban J connectivity index is 1.86. The molecule has 3 aromatic rings. The third-order valence-electron chi connectivity index (χ3n) is 5.37. The molecule has 148 valence electrons. The number of hydrogen-bond acceptors (Lipinski definition) is 2. The van der Waals surface area contributed by atoms with Crippen molar-refractivity contribution in [3.63, 3.8) is 0 Å². The molecule has 3 rings (SSSR count). The molecule has 3 aromatic carbocycles. The minimum atomic E-state index is -0.942. The summed E-state index contributed by atoms with van der Waals surface area (Å²) in [5.41, 5.74) is 7.49. The highest BCUT2D eigenvalue weighted by Crippen LogP contribution is 2.32. The summed E-state index contributed by atoms with van der Waals surface area (Å²) < 4.78 is 0. The van der Waals surface area contributed by atoms with Crippen molar-refractivity contribution in [1.82, 2.24) is 5.32 Å². The third-order valence-corrected chi connectivity index (χ3v) is 5.37. The fourth-order valence-corrected chi connectivity index (χ4v) is 3.52. The number of benzene rings is 3. The highest BCUT2D eigenvalue weighted by molar-refractivity contribution is 5.95. The Morgan fingerprint density at radius 2 is 1.28 bits per heavy atom. The van der Waals surface area contributed by atoms with Gasteiger partial charge in [-0.2, -0.15) is 0 Å². The lowest BCUT2D eigenvalue weighted by Crippen LogP contribution is -2.51. The monoisotopic (exact) mass is 386 g/mol. The molecule has 0 aliphatic rings. The van der Waals surface area contributed by atoms with Gasteiger partial charge in [-0.15, -0.1) is 0 Å². The number of hydrogen-bond donors (Lipinski definition) is 2. The first-order valence-electron chi connectivity index (χ1n) is 9.77. The molecule has 0 unspecified atom stereocenters. The third kappa shape index (κ3) is 4.72. The largest absolute Gasteiger partial charge is 0.368 e. The molecule has 2 amide bonds. The van der Waals surface area contributed by atoms with Crippen molar-refractivity contribution < 1.29 is 9.59 Å². The zero-order valence-electron chi connectivity index (χ0n) is 16.5.